The maximum atomic E-state index is 9.21. The Hall–Kier alpha value is -0.940. The van der Waals surface area contributed by atoms with Crippen molar-refractivity contribution in [2.45, 2.75) is 6.61 Å². The first-order valence-electron chi connectivity index (χ1n) is 4.27. The molecule has 84 valence electrons. The molecule has 0 amide bonds. The standard InChI is InChI=1S/C10H13BrO4/c1-13-7-4-8(14-2)10(15-3)9(11)6(7)5-12/h4,12H,5H2,1-3H3. The molecule has 1 rings (SSSR count). The topological polar surface area (TPSA) is 47.9 Å². The number of ether oxygens (including phenoxy) is 3. The highest BCUT2D eigenvalue weighted by atomic mass is 79.9. The Bertz CT molecular complexity index is 322. The van der Waals surface area contributed by atoms with Crippen LogP contribution in [0, 0.1) is 0 Å². The van der Waals surface area contributed by atoms with E-state index in [4.69, 9.17) is 14.2 Å². The molecule has 0 radical (unpaired) electrons. The number of halogens is 1. The maximum absolute atomic E-state index is 9.21. The Kier molecular flexibility index (Phi) is 4.23. The smallest absolute Gasteiger partial charge is 0.175 e. The molecule has 1 aromatic rings. The van der Waals surface area contributed by atoms with E-state index in [-0.39, 0.29) is 6.61 Å². The lowest BCUT2D eigenvalue weighted by molar-refractivity contribution is 0.270. The highest BCUT2D eigenvalue weighted by Gasteiger charge is 2.17. The fourth-order valence-corrected chi connectivity index (χ4v) is 1.97. The van der Waals surface area contributed by atoms with Gasteiger partial charge in [-0.1, -0.05) is 0 Å². The summed E-state index contributed by atoms with van der Waals surface area (Å²) in [5.74, 6) is 1.66. The first kappa shape index (κ1) is 12.1. The lowest BCUT2D eigenvalue weighted by Gasteiger charge is -2.15. The lowest BCUT2D eigenvalue weighted by atomic mass is 10.2. The molecule has 0 saturated heterocycles. The van der Waals surface area contributed by atoms with Gasteiger partial charge in [-0.3, -0.25) is 0 Å². The van der Waals surface area contributed by atoms with Gasteiger partial charge < -0.3 is 19.3 Å². The van der Waals surface area contributed by atoms with E-state index >= 15 is 0 Å². The van der Waals surface area contributed by atoms with Gasteiger partial charge in [0.15, 0.2) is 11.5 Å². The molecular formula is C10H13BrO4. The number of rotatable bonds is 4. The van der Waals surface area contributed by atoms with Crippen LogP contribution < -0.4 is 14.2 Å². The molecular weight excluding hydrogens is 264 g/mol. The van der Waals surface area contributed by atoms with Gasteiger partial charge in [0.2, 0.25) is 0 Å². The summed E-state index contributed by atoms with van der Waals surface area (Å²) < 4.78 is 16.1. The van der Waals surface area contributed by atoms with E-state index in [1.54, 1.807) is 13.2 Å². The summed E-state index contributed by atoms with van der Waals surface area (Å²) in [7, 11) is 4.62. The van der Waals surface area contributed by atoms with E-state index in [2.05, 4.69) is 15.9 Å². The third kappa shape index (κ3) is 2.18. The molecule has 0 aliphatic rings. The second kappa shape index (κ2) is 5.23. The second-order valence-corrected chi connectivity index (χ2v) is 3.56. The zero-order valence-corrected chi connectivity index (χ0v) is 10.4. The summed E-state index contributed by atoms with van der Waals surface area (Å²) in [5, 5.41) is 9.21. The minimum absolute atomic E-state index is 0.135. The molecule has 0 aliphatic heterocycles. The Morgan fingerprint density at radius 3 is 2.13 bits per heavy atom. The molecule has 4 nitrogen and oxygen atoms in total. The van der Waals surface area contributed by atoms with E-state index in [0.29, 0.717) is 27.3 Å². The molecule has 0 aromatic heterocycles. The van der Waals surface area contributed by atoms with Crippen LogP contribution in [0.1, 0.15) is 5.56 Å². The van der Waals surface area contributed by atoms with Crippen LogP contribution in [-0.4, -0.2) is 26.4 Å². The van der Waals surface area contributed by atoms with Gasteiger partial charge >= 0.3 is 0 Å². The number of hydrogen-bond donors (Lipinski definition) is 1. The summed E-state index contributed by atoms with van der Waals surface area (Å²) in [4.78, 5) is 0. The molecule has 0 spiro atoms. The van der Waals surface area contributed by atoms with Crippen molar-refractivity contribution in [2.75, 3.05) is 21.3 Å². The fourth-order valence-electron chi connectivity index (χ4n) is 1.30. The van der Waals surface area contributed by atoms with E-state index in [9.17, 15) is 5.11 Å². The molecule has 0 unspecified atom stereocenters. The van der Waals surface area contributed by atoms with Gasteiger partial charge in [-0.05, 0) is 15.9 Å². The monoisotopic (exact) mass is 276 g/mol. The van der Waals surface area contributed by atoms with Crippen molar-refractivity contribution in [3.05, 3.63) is 16.1 Å². The molecule has 1 N–H and O–H groups in total. The van der Waals surface area contributed by atoms with Gasteiger partial charge in [-0.25, -0.2) is 0 Å². The SMILES string of the molecule is COc1cc(OC)c(OC)c(Br)c1CO. The number of aliphatic hydroxyl groups excluding tert-OH is 1. The van der Waals surface area contributed by atoms with E-state index in [1.807, 2.05) is 0 Å². The Morgan fingerprint density at radius 2 is 1.73 bits per heavy atom. The summed E-state index contributed by atoms with van der Waals surface area (Å²) in [6, 6.07) is 1.68. The normalized spacial score (nSPS) is 9.93. The second-order valence-electron chi connectivity index (χ2n) is 2.76. The zero-order chi connectivity index (χ0) is 11.4. The van der Waals surface area contributed by atoms with Gasteiger partial charge in [-0.2, -0.15) is 0 Å². The highest BCUT2D eigenvalue weighted by Crippen LogP contribution is 2.42. The molecule has 0 fully saturated rings. The van der Waals surface area contributed by atoms with E-state index in [1.165, 1.54) is 14.2 Å². The average Bonchev–Trinajstić information content (AvgIpc) is 2.27. The molecule has 15 heavy (non-hydrogen) atoms. The van der Waals surface area contributed by atoms with E-state index in [0.717, 1.165) is 0 Å². The largest absolute Gasteiger partial charge is 0.496 e. The fraction of sp³-hybridized carbons (Fsp3) is 0.400. The Balaban J connectivity index is 3.41. The third-order valence-corrected chi connectivity index (χ3v) is 2.89. The van der Waals surface area contributed by atoms with Crippen molar-refractivity contribution in [1.82, 2.24) is 0 Å². The van der Waals surface area contributed by atoms with Crippen molar-refractivity contribution >= 4 is 15.9 Å². The predicted molar refractivity (Wildman–Crippen MR) is 59.7 cm³/mol. The minimum Gasteiger partial charge on any atom is -0.496 e. The van der Waals surface area contributed by atoms with Crippen LogP contribution in [0.5, 0.6) is 17.2 Å². The van der Waals surface area contributed by atoms with Crippen LogP contribution in [0.3, 0.4) is 0 Å². The lowest BCUT2D eigenvalue weighted by Crippen LogP contribution is -1.99. The summed E-state index contributed by atoms with van der Waals surface area (Å²) in [6.45, 7) is -0.135. The number of methoxy groups -OCH3 is 3. The van der Waals surface area contributed by atoms with Crippen molar-refractivity contribution in [3.8, 4) is 17.2 Å². The van der Waals surface area contributed by atoms with Gasteiger partial charge in [0.05, 0.1) is 32.4 Å². The maximum Gasteiger partial charge on any atom is 0.175 e. The van der Waals surface area contributed by atoms with Gasteiger partial charge in [0.1, 0.15) is 5.75 Å². The number of aliphatic hydroxyl groups is 1. The highest BCUT2D eigenvalue weighted by molar-refractivity contribution is 9.10. The molecule has 1 aromatic carbocycles. The van der Waals surface area contributed by atoms with Crippen molar-refractivity contribution in [3.63, 3.8) is 0 Å². The molecule has 5 heteroatoms. The van der Waals surface area contributed by atoms with Gasteiger partial charge in [-0.15, -0.1) is 0 Å². The van der Waals surface area contributed by atoms with Crippen molar-refractivity contribution < 1.29 is 19.3 Å². The minimum atomic E-state index is -0.135. The molecule has 0 aliphatic carbocycles. The third-order valence-electron chi connectivity index (χ3n) is 2.05. The van der Waals surface area contributed by atoms with Crippen molar-refractivity contribution in [2.24, 2.45) is 0 Å². The first-order valence-corrected chi connectivity index (χ1v) is 5.07. The Morgan fingerprint density at radius 1 is 1.13 bits per heavy atom. The van der Waals surface area contributed by atoms with Crippen LogP contribution in [0.15, 0.2) is 10.5 Å². The van der Waals surface area contributed by atoms with Gasteiger partial charge in [0, 0.05) is 11.6 Å². The molecule has 0 heterocycles. The average molecular weight is 277 g/mol. The quantitative estimate of drug-likeness (QED) is 0.914. The zero-order valence-electron chi connectivity index (χ0n) is 8.83. The molecule has 0 saturated carbocycles. The Labute approximate surface area is 96.9 Å². The van der Waals surface area contributed by atoms with Gasteiger partial charge in [0.25, 0.3) is 0 Å². The van der Waals surface area contributed by atoms with Crippen LogP contribution in [-0.2, 0) is 6.61 Å². The van der Waals surface area contributed by atoms with Crippen LogP contribution in [0.25, 0.3) is 0 Å². The number of benzene rings is 1. The predicted octanol–water partition coefficient (Wildman–Crippen LogP) is 1.97. The van der Waals surface area contributed by atoms with Crippen LogP contribution in [0.2, 0.25) is 0 Å². The molecule has 0 bridgehead atoms. The molecule has 0 atom stereocenters. The summed E-state index contributed by atoms with van der Waals surface area (Å²) in [6.07, 6.45) is 0. The summed E-state index contributed by atoms with van der Waals surface area (Å²) >= 11 is 3.34. The summed E-state index contributed by atoms with van der Waals surface area (Å²) in [5.41, 5.74) is 0.634. The van der Waals surface area contributed by atoms with Crippen LogP contribution >= 0.6 is 15.9 Å². The number of hydrogen-bond acceptors (Lipinski definition) is 4. The van der Waals surface area contributed by atoms with Crippen LogP contribution in [0.4, 0.5) is 0 Å². The van der Waals surface area contributed by atoms with E-state index < -0.39 is 0 Å². The van der Waals surface area contributed by atoms with Crippen molar-refractivity contribution in [1.29, 1.82) is 0 Å². The first-order chi connectivity index (χ1) is 7.19.